The van der Waals surface area contributed by atoms with E-state index in [-0.39, 0.29) is 11.6 Å². The first-order valence-corrected chi connectivity index (χ1v) is 5.52. The van der Waals surface area contributed by atoms with Gasteiger partial charge in [0.15, 0.2) is 0 Å². The fraction of sp³-hybridized carbons (Fsp3) is 0.455. The number of halogens is 1. The minimum absolute atomic E-state index is 0.0752. The topological polar surface area (TPSA) is 35.2 Å². The lowest BCUT2D eigenvalue weighted by Gasteiger charge is -2.36. The number of rotatable bonds is 0. The second-order valence-electron chi connectivity index (χ2n) is 4.33. The molecule has 1 aliphatic heterocycles. The van der Waals surface area contributed by atoms with Crippen molar-refractivity contribution in [1.29, 1.82) is 0 Å². The Bertz CT molecular complexity index is 362. The molecule has 1 aromatic carbocycles. The molecule has 1 aromatic rings. The van der Waals surface area contributed by atoms with E-state index in [0.29, 0.717) is 0 Å². The molecule has 2 N–H and O–H groups in total. The SMILES string of the molecule is CC1(C)CC(N)c2cccc(Br)c2O1. The van der Waals surface area contributed by atoms with Crippen molar-refractivity contribution in [1.82, 2.24) is 0 Å². The predicted octanol–water partition coefficient (Wildman–Crippen LogP) is 3.01. The summed E-state index contributed by atoms with van der Waals surface area (Å²) in [6, 6.07) is 6.07. The molecular weight excluding hydrogens is 242 g/mol. The van der Waals surface area contributed by atoms with Gasteiger partial charge in [0.1, 0.15) is 11.4 Å². The standard InChI is InChI=1S/C11H14BrNO/c1-11(2)6-9(13)7-4-3-5-8(12)10(7)14-11/h3-5,9H,6,13H2,1-2H3. The molecule has 0 aliphatic carbocycles. The number of fused-ring (bicyclic) bond motifs is 1. The summed E-state index contributed by atoms with van der Waals surface area (Å²) in [5.41, 5.74) is 7.02. The van der Waals surface area contributed by atoms with Gasteiger partial charge in [0.25, 0.3) is 0 Å². The zero-order valence-corrected chi connectivity index (χ0v) is 9.97. The maximum Gasteiger partial charge on any atom is 0.139 e. The molecule has 1 unspecified atom stereocenters. The summed E-state index contributed by atoms with van der Waals surface area (Å²) in [5, 5.41) is 0. The molecule has 2 rings (SSSR count). The summed E-state index contributed by atoms with van der Waals surface area (Å²) >= 11 is 3.48. The van der Waals surface area contributed by atoms with Gasteiger partial charge in [-0.2, -0.15) is 0 Å². The molecule has 0 fully saturated rings. The Balaban J connectivity index is 2.51. The van der Waals surface area contributed by atoms with Crippen LogP contribution in [-0.2, 0) is 0 Å². The van der Waals surface area contributed by atoms with Crippen molar-refractivity contribution in [2.75, 3.05) is 0 Å². The predicted molar refractivity (Wildman–Crippen MR) is 60.4 cm³/mol. The van der Waals surface area contributed by atoms with Crippen LogP contribution in [0.25, 0.3) is 0 Å². The molecular formula is C11H14BrNO. The van der Waals surface area contributed by atoms with Crippen LogP contribution in [0.5, 0.6) is 5.75 Å². The Morgan fingerprint density at radius 1 is 1.50 bits per heavy atom. The molecule has 0 spiro atoms. The summed E-state index contributed by atoms with van der Waals surface area (Å²) in [5.74, 6) is 0.899. The molecule has 0 saturated heterocycles. The highest BCUT2D eigenvalue weighted by molar-refractivity contribution is 9.10. The average Bonchev–Trinajstić information content (AvgIpc) is 2.05. The van der Waals surface area contributed by atoms with Crippen LogP contribution >= 0.6 is 15.9 Å². The van der Waals surface area contributed by atoms with E-state index in [9.17, 15) is 0 Å². The second-order valence-corrected chi connectivity index (χ2v) is 5.18. The lowest BCUT2D eigenvalue weighted by molar-refractivity contribution is 0.0719. The van der Waals surface area contributed by atoms with Gasteiger partial charge >= 0.3 is 0 Å². The molecule has 0 bridgehead atoms. The average molecular weight is 256 g/mol. The number of para-hydroxylation sites is 1. The van der Waals surface area contributed by atoms with Gasteiger partial charge in [-0.25, -0.2) is 0 Å². The van der Waals surface area contributed by atoms with Gasteiger partial charge in [-0.1, -0.05) is 12.1 Å². The largest absolute Gasteiger partial charge is 0.486 e. The fourth-order valence-electron chi connectivity index (χ4n) is 1.88. The molecule has 76 valence electrons. The lowest BCUT2D eigenvalue weighted by atomic mass is 9.90. The van der Waals surface area contributed by atoms with E-state index in [1.807, 2.05) is 18.2 Å². The van der Waals surface area contributed by atoms with Crippen molar-refractivity contribution < 1.29 is 4.74 Å². The number of hydrogen-bond acceptors (Lipinski definition) is 2. The summed E-state index contributed by atoms with van der Waals surface area (Å²) < 4.78 is 6.88. The van der Waals surface area contributed by atoms with Gasteiger partial charge in [-0.3, -0.25) is 0 Å². The van der Waals surface area contributed by atoms with E-state index < -0.39 is 0 Å². The van der Waals surface area contributed by atoms with Gasteiger partial charge in [-0.05, 0) is 35.8 Å². The van der Waals surface area contributed by atoms with Crippen LogP contribution in [0.1, 0.15) is 31.9 Å². The highest BCUT2D eigenvalue weighted by Crippen LogP contribution is 2.42. The van der Waals surface area contributed by atoms with E-state index >= 15 is 0 Å². The molecule has 0 radical (unpaired) electrons. The van der Waals surface area contributed by atoms with Crippen LogP contribution in [-0.4, -0.2) is 5.60 Å². The lowest BCUT2D eigenvalue weighted by Crippen LogP contribution is -2.37. The molecule has 0 amide bonds. The van der Waals surface area contributed by atoms with Crippen molar-refractivity contribution in [2.24, 2.45) is 5.73 Å². The summed E-state index contributed by atoms with van der Waals surface area (Å²) in [6.45, 7) is 4.13. The summed E-state index contributed by atoms with van der Waals surface area (Å²) in [4.78, 5) is 0. The Morgan fingerprint density at radius 3 is 2.93 bits per heavy atom. The Morgan fingerprint density at radius 2 is 2.21 bits per heavy atom. The fourth-order valence-corrected chi connectivity index (χ4v) is 2.35. The Hall–Kier alpha value is -0.540. The van der Waals surface area contributed by atoms with E-state index in [4.69, 9.17) is 10.5 Å². The first-order valence-electron chi connectivity index (χ1n) is 4.73. The highest BCUT2D eigenvalue weighted by Gasteiger charge is 2.32. The highest BCUT2D eigenvalue weighted by atomic mass is 79.9. The Kier molecular flexibility index (Phi) is 2.32. The van der Waals surface area contributed by atoms with Gasteiger partial charge in [0.05, 0.1) is 4.47 Å². The minimum Gasteiger partial charge on any atom is -0.486 e. The van der Waals surface area contributed by atoms with Crippen molar-refractivity contribution >= 4 is 15.9 Å². The summed E-state index contributed by atoms with van der Waals surface area (Å²) in [7, 11) is 0. The van der Waals surface area contributed by atoms with Crippen molar-refractivity contribution in [3.8, 4) is 5.75 Å². The smallest absolute Gasteiger partial charge is 0.139 e. The van der Waals surface area contributed by atoms with Gasteiger partial charge in [0.2, 0.25) is 0 Å². The third kappa shape index (κ3) is 1.66. The van der Waals surface area contributed by atoms with Crippen LogP contribution in [0.2, 0.25) is 0 Å². The van der Waals surface area contributed by atoms with Crippen LogP contribution in [0.15, 0.2) is 22.7 Å². The molecule has 14 heavy (non-hydrogen) atoms. The van der Waals surface area contributed by atoms with E-state index in [1.54, 1.807) is 0 Å². The number of benzene rings is 1. The molecule has 1 heterocycles. The second kappa shape index (κ2) is 3.24. The third-order valence-corrected chi connectivity index (χ3v) is 3.11. The first-order chi connectivity index (χ1) is 6.49. The van der Waals surface area contributed by atoms with Crippen LogP contribution in [0, 0.1) is 0 Å². The molecule has 2 nitrogen and oxygen atoms in total. The van der Waals surface area contributed by atoms with Crippen molar-refractivity contribution in [3.05, 3.63) is 28.2 Å². The molecule has 1 atom stereocenters. The summed E-state index contributed by atoms with van der Waals surface area (Å²) in [6.07, 6.45) is 0.858. The first kappa shape index (κ1) is 9.99. The monoisotopic (exact) mass is 255 g/mol. The van der Waals surface area contributed by atoms with Gasteiger partial charge in [-0.15, -0.1) is 0 Å². The van der Waals surface area contributed by atoms with Crippen molar-refractivity contribution in [3.63, 3.8) is 0 Å². The maximum atomic E-state index is 6.09. The zero-order valence-electron chi connectivity index (χ0n) is 8.38. The molecule has 0 saturated carbocycles. The van der Waals surface area contributed by atoms with E-state index in [2.05, 4.69) is 29.8 Å². The minimum atomic E-state index is -0.170. The van der Waals surface area contributed by atoms with E-state index in [0.717, 1.165) is 22.2 Å². The molecule has 1 aliphatic rings. The quantitative estimate of drug-likeness (QED) is 0.774. The Labute approximate surface area is 92.6 Å². The third-order valence-electron chi connectivity index (χ3n) is 2.49. The number of nitrogens with two attached hydrogens (primary N) is 1. The van der Waals surface area contributed by atoms with Crippen LogP contribution < -0.4 is 10.5 Å². The van der Waals surface area contributed by atoms with Gasteiger partial charge < -0.3 is 10.5 Å². The molecule has 3 heteroatoms. The van der Waals surface area contributed by atoms with Gasteiger partial charge in [0, 0.05) is 18.0 Å². The normalized spacial score (nSPS) is 23.9. The maximum absolute atomic E-state index is 6.09. The van der Waals surface area contributed by atoms with Crippen LogP contribution in [0.4, 0.5) is 0 Å². The van der Waals surface area contributed by atoms with Crippen LogP contribution in [0.3, 0.4) is 0 Å². The van der Waals surface area contributed by atoms with Crippen molar-refractivity contribution in [2.45, 2.75) is 31.9 Å². The number of hydrogen-bond donors (Lipinski definition) is 1. The zero-order chi connectivity index (χ0) is 10.3. The van der Waals surface area contributed by atoms with E-state index in [1.165, 1.54) is 0 Å². The molecule has 0 aromatic heterocycles. The number of ether oxygens (including phenoxy) is 1.